The van der Waals surface area contributed by atoms with Crippen LogP contribution in [0.2, 0.25) is 0 Å². The predicted molar refractivity (Wildman–Crippen MR) is 64.0 cm³/mol. The van der Waals surface area contributed by atoms with Crippen molar-refractivity contribution in [2.75, 3.05) is 0 Å². The number of hydrogen-bond acceptors (Lipinski definition) is 4. The van der Waals surface area contributed by atoms with Crippen molar-refractivity contribution in [2.45, 2.75) is 4.90 Å². The Hall–Kier alpha value is -2.28. The third-order valence-electron chi connectivity index (χ3n) is 2.21. The zero-order chi connectivity index (χ0) is 13.2. The number of sulfonamides is 1. The fourth-order valence-electron chi connectivity index (χ4n) is 1.43. The van der Waals surface area contributed by atoms with Crippen LogP contribution in [0.3, 0.4) is 0 Å². The number of amides is 2. The number of urea groups is 1. The summed E-state index contributed by atoms with van der Waals surface area (Å²) in [6.07, 6.45) is 1.52. The summed E-state index contributed by atoms with van der Waals surface area (Å²) in [5, 5.41) is 0. The summed E-state index contributed by atoms with van der Waals surface area (Å²) < 4.78 is 30.1. The van der Waals surface area contributed by atoms with Crippen LogP contribution >= 0.6 is 0 Å². The molecule has 0 radical (unpaired) electrons. The van der Waals surface area contributed by atoms with Crippen molar-refractivity contribution < 1.29 is 17.6 Å². The highest BCUT2D eigenvalue weighted by Crippen LogP contribution is 2.21. The maximum absolute atomic E-state index is 11.6. The second-order valence-electron chi connectivity index (χ2n) is 3.47. The molecule has 94 valence electrons. The topological polar surface area (TPSA) is 102 Å². The van der Waals surface area contributed by atoms with Crippen LogP contribution in [0.15, 0.2) is 52.0 Å². The van der Waals surface area contributed by atoms with E-state index in [2.05, 4.69) is 0 Å². The standard InChI is InChI=1S/C11H10N2O4S/c12-11(14)13-18(15,16)9-5-3-8(4-6-9)10-2-1-7-17-10/h1-7H,(H3,12,13,14). The van der Waals surface area contributed by atoms with E-state index < -0.39 is 16.1 Å². The molecule has 3 N–H and O–H groups in total. The molecule has 7 heteroatoms. The minimum Gasteiger partial charge on any atom is -0.464 e. The molecule has 0 fully saturated rings. The van der Waals surface area contributed by atoms with Crippen molar-refractivity contribution in [2.24, 2.45) is 5.73 Å². The molecule has 18 heavy (non-hydrogen) atoms. The molecular formula is C11H10N2O4S. The first kappa shape index (κ1) is 12.2. The van der Waals surface area contributed by atoms with Gasteiger partial charge in [-0.3, -0.25) is 0 Å². The van der Waals surface area contributed by atoms with Gasteiger partial charge in [0.25, 0.3) is 10.0 Å². The maximum atomic E-state index is 11.6. The van der Waals surface area contributed by atoms with E-state index in [0.717, 1.165) is 5.56 Å². The van der Waals surface area contributed by atoms with E-state index in [1.807, 2.05) is 0 Å². The first-order valence-corrected chi connectivity index (χ1v) is 6.43. The molecule has 0 aliphatic heterocycles. The summed E-state index contributed by atoms with van der Waals surface area (Å²) in [6, 6.07) is 8.25. The van der Waals surface area contributed by atoms with Crippen LogP contribution in [0.25, 0.3) is 11.3 Å². The summed E-state index contributed by atoms with van der Waals surface area (Å²) in [5.74, 6) is 0.627. The average Bonchev–Trinajstić information content (AvgIpc) is 2.81. The number of hydrogen-bond donors (Lipinski definition) is 2. The van der Waals surface area contributed by atoms with Crippen LogP contribution in [0, 0.1) is 0 Å². The monoisotopic (exact) mass is 266 g/mol. The zero-order valence-corrected chi connectivity index (χ0v) is 9.98. The van der Waals surface area contributed by atoms with Gasteiger partial charge in [0, 0.05) is 5.56 Å². The van der Waals surface area contributed by atoms with E-state index in [-0.39, 0.29) is 4.90 Å². The Morgan fingerprint density at radius 2 is 1.83 bits per heavy atom. The number of nitrogens with one attached hydrogen (secondary N) is 1. The predicted octanol–water partition coefficient (Wildman–Crippen LogP) is 1.30. The van der Waals surface area contributed by atoms with Crippen molar-refractivity contribution in [1.29, 1.82) is 0 Å². The SMILES string of the molecule is NC(=O)NS(=O)(=O)c1ccc(-c2ccco2)cc1. The first-order chi connectivity index (χ1) is 8.49. The molecule has 0 atom stereocenters. The van der Waals surface area contributed by atoms with Gasteiger partial charge in [-0.05, 0) is 36.4 Å². The van der Waals surface area contributed by atoms with Crippen molar-refractivity contribution in [1.82, 2.24) is 4.72 Å². The van der Waals surface area contributed by atoms with Crippen LogP contribution in [-0.2, 0) is 10.0 Å². The lowest BCUT2D eigenvalue weighted by Gasteiger charge is -2.04. The molecule has 1 aromatic heterocycles. The van der Waals surface area contributed by atoms with E-state index in [4.69, 9.17) is 10.2 Å². The van der Waals surface area contributed by atoms with Crippen molar-refractivity contribution >= 4 is 16.1 Å². The van der Waals surface area contributed by atoms with Gasteiger partial charge in [0.1, 0.15) is 5.76 Å². The number of rotatable bonds is 3. The molecule has 1 aromatic carbocycles. The van der Waals surface area contributed by atoms with Gasteiger partial charge < -0.3 is 10.2 Å². The zero-order valence-electron chi connectivity index (χ0n) is 9.16. The van der Waals surface area contributed by atoms with E-state index in [1.54, 1.807) is 29.0 Å². The lowest BCUT2D eigenvalue weighted by molar-refractivity contribution is 0.253. The molecule has 0 saturated heterocycles. The van der Waals surface area contributed by atoms with E-state index in [0.29, 0.717) is 5.76 Å². The van der Waals surface area contributed by atoms with Gasteiger partial charge in [0.2, 0.25) is 0 Å². The van der Waals surface area contributed by atoms with E-state index in [9.17, 15) is 13.2 Å². The highest BCUT2D eigenvalue weighted by molar-refractivity contribution is 7.90. The smallest absolute Gasteiger partial charge is 0.326 e. The summed E-state index contributed by atoms with van der Waals surface area (Å²) in [5.41, 5.74) is 5.51. The average molecular weight is 266 g/mol. The lowest BCUT2D eigenvalue weighted by Crippen LogP contribution is -2.34. The minimum absolute atomic E-state index is 0.0448. The van der Waals surface area contributed by atoms with E-state index >= 15 is 0 Å². The van der Waals surface area contributed by atoms with Gasteiger partial charge in [-0.1, -0.05) is 0 Å². The molecule has 0 saturated carbocycles. The second kappa shape index (κ2) is 4.53. The van der Waals surface area contributed by atoms with Crippen LogP contribution < -0.4 is 10.5 Å². The van der Waals surface area contributed by atoms with Crippen molar-refractivity contribution in [3.8, 4) is 11.3 Å². The third kappa shape index (κ3) is 2.51. The number of primary amides is 1. The molecular weight excluding hydrogens is 256 g/mol. The summed E-state index contributed by atoms with van der Waals surface area (Å²) in [6.45, 7) is 0. The van der Waals surface area contributed by atoms with Crippen LogP contribution in [0.1, 0.15) is 0 Å². The molecule has 2 amide bonds. The van der Waals surface area contributed by atoms with Crippen LogP contribution in [-0.4, -0.2) is 14.4 Å². The minimum atomic E-state index is -3.90. The largest absolute Gasteiger partial charge is 0.464 e. The fraction of sp³-hybridized carbons (Fsp3) is 0. The molecule has 0 aliphatic carbocycles. The Morgan fingerprint density at radius 1 is 1.17 bits per heavy atom. The van der Waals surface area contributed by atoms with Gasteiger partial charge >= 0.3 is 6.03 Å². The Bertz CT molecular complexity index is 645. The van der Waals surface area contributed by atoms with Gasteiger partial charge in [-0.2, -0.15) is 0 Å². The first-order valence-electron chi connectivity index (χ1n) is 4.95. The lowest BCUT2D eigenvalue weighted by atomic mass is 10.2. The summed E-state index contributed by atoms with van der Waals surface area (Å²) in [4.78, 5) is 10.5. The Kier molecular flexibility index (Phi) is 3.07. The van der Waals surface area contributed by atoms with Gasteiger partial charge in [-0.25, -0.2) is 17.9 Å². The molecule has 2 rings (SSSR count). The van der Waals surface area contributed by atoms with E-state index in [1.165, 1.54) is 18.4 Å². The number of carbonyl (C=O) groups excluding carboxylic acids is 1. The number of carbonyl (C=O) groups is 1. The fourth-order valence-corrected chi connectivity index (χ4v) is 2.31. The number of nitrogens with two attached hydrogens (primary N) is 1. The molecule has 0 spiro atoms. The molecule has 2 aromatic rings. The van der Waals surface area contributed by atoms with Gasteiger partial charge in [-0.15, -0.1) is 0 Å². The second-order valence-corrected chi connectivity index (χ2v) is 5.15. The normalized spacial score (nSPS) is 11.1. The summed E-state index contributed by atoms with van der Waals surface area (Å²) >= 11 is 0. The molecule has 0 aliphatic rings. The van der Waals surface area contributed by atoms with Gasteiger partial charge in [0.05, 0.1) is 11.2 Å². The van der Waals surface area contributed by atoms with Crippen LogP contribution in [0.4, 0.5) is 4.79 Å². The Balaban J connectivity index is 2.31. The molecule has 0 unspecified atom stereocenters. The Labute approximate surface area is 103 Å². The molecule has 0 bridgehead atoms. The highest BCUT2D eigenvalue weighted by Gasteiger charge is 2.15. The van der Waals surface area contributed by atoms with Crippen molar-refractivity contribution in [3.63, 3.8) is 0 Å². The summed E-state index contributed by atoms with van der Waals surface area (Å²) in [7, 11) is -3.90. The molecule has 1 heterocycles. The third-order valence-corrected chi connectivity index (χ3v) is 3.57. The maximum Gasteiger partial charge on any atom is 0.326 e. The molecule has 6 nitrogen and oxygen atoms in total. The van der Waals surface area contributed by atoms with Gasteiger partial charge in [0.15, 0.2) is 0 Å². The quantitative estimate of drug-likeness (QED) is 0.874. The van der Waals surface area contributed by atoms with Crippen LogP contribution in [0.5, 0.6) is 0 Å². The van der Waals surface area contributed by atoms with Crippen molar-refractivity contribution in [3.05, 3.63) is 42.7 Å². The number of benzene rings is 1. The number of furan rings is 1. The Morgan fingerprint density at radius 3 is 2.33 bits per heavy atom. The highest BCUT2D eigenvalue weighted by atomic mass is 32.2.